The van der Waals surface area contributed by atoms with Crippen molar-refractivity contribution in [1.29, 1.82) is 0 Å². The largest absolute Gasteiger partial charge is 0.494 e. The molecule has 0 radical (unpaired) electrons. The first-order valence-electron chi connectivity index (χ1n) is 21.1. The molecule has 0 bridgehead atoms. The third-order valence-corrected chi connectivity index (χ3v) is 12.4. The number of ether oxygens (including phenoxy) is 1. The van der Waals surface area contributed by atoms with E-state index in [1.165, 1.54) is 25.6 Å². The predicted octanol–water partition coefficient (Wildman–Crippen LogP) is 5.34. The number of fused-ring (bicyclic) bond motifs is 2. The smallest absolute Gasteiger partial charge is 0.255 e. The number of halogens is 2. The van der Waals surface area contributed by atoms with Crippen molar-refractivity contribution >= 4 is 63.3 Å². The Hall–Kier alpha value is -5.92. The van der Waals surface area contributed by atoms with Crippen LogP contribution in [0.25, 0.3) is 10.9 Å². The molecule has 3 saturated heterocycles. The molecule has 0 aliphatic carbocycles. The van der Waals surface area contributed by atoms with Gasteiger partial charge in [-0.15, -0.1) is 0 Å². The van der Waals surface area contributed by atoms with Gasteiger partial charge in [-0.05, 0) is 87.3 Å². The maximum absolute atomic E-state index is 13.7. The maximum atomic E-state index is 13.7. The molecule has 1 aromatic heterocycles. The van der Waals surface area contributed by atoms with Gasteiger partial charge in [-0.3, -0.25) is 34.3 Å². The number of imide groups is 1. The second kappa shape index (κ2) is 19.4. The minimum Gasteiger partial charge on any atom is -0.494 e. The van der Waals surface area contributed by atoms with E-state index in [2.05, 4.69) is 52.5 Å². The first-order valence-corrected chi connectivity index (χ1v) is 21.5. The Kier molecular flexibility index (Phi) is 13.4. The minimum absolute atomic E-state index is 0.0133. The number of aromatic nitrogens is 2. The molecule has 0 saturated carbocycles. The van der Waals surface area contributed by atoms with Crippen molar-refractivity contribution in [1.82, 2.24) is 34.9 Å². The molecule has 1 unspecified atom stereocenters. The Morgan fingerprint density at radius 1 is 1.02 bits per heavy atom. The van der Waals surface area contributed by atoms with Crippen LogP contribution >= 0.6 is 11.6 Å². The molecule has 5 heterocycles. The number of nitrogens with one attached hydrogen (secondary N) is 3. The fourth-order valence-electron chi connectivity index (χ4n) is 8.71. The lowest BCUT2D eigenvalue weighted by molar-refractivity contribution is -0.137. The van der Waals surface area contributed by atoms with Crippen LogP contribution < -0.4 is 20.7 Å². The average molecular weight is 862 g/mol. The number of piperidine rings is 2. The van der Waals surface area contributed by atoms with Gasteiger partial charge in [-0.1, -0.05) is 35.6 Å². The highest BCUT2D eigenvalue weighted by molar-refractivity contribution is 6.31. The van der Waals surface area contributed by atoms with Crippen molar-refractivity contribution in [3.05, 3.63) is 94.5 Å². The van der Waals surface area contributed by atoms with Gasteiger partial charge in [0.2, 0.25) is 17.7 Å². The van der Waals surface area contributed by atoms with Crippen molar-refractivity contribution in [2.24, 2.45) is 0 Å². The van der Waals surface area contributed by atoms with Gasteiger partial charge >= 0.3 is 0 Å². The standard InChI is InChI=1S/C46H49ClFN9O5/c1-62-41-27-38-34(44(50-29-49-38)51-31-11-12-37(48)36(47)25-31)26-39(41)52-42(58)10-6-18-54-19-15-32(16-20-54)56-23-21-55(22-24-56)17-4-2-3-7-30-8-5-9-33-35(30)28-57(46(33)61)40-13-14-43(59)53-45(40)60/h5-6,8-12,25-27,29,32,40H,2,4,13-24,28H2,1H3,(H,52,58)(H,49,50,51)(H,53,59,60)/b10-6+. The van der Waals surface area contributed by atoms with Gasteiger partial charge in [-0.25, -0.2) is 14.4 Å². The number of carbonyl (C=O) groups excluding carboxylic acids is 4. The van der Waals surface area contributed by atoms with Crippen LogP contribution in [0.4, 0.5) is 21.6 Å². The van der Waals surface area contributed by atoms with Crippen LogP contribution in [0.15, 0.2) is 67.0 Å². The highest BCUT2D eigenvalue weighted by Gasteiger charge is 2.39. The molecule has 0 spiro atoms. The van der Waals surface area contributed by atoms with Crippen molar-refractivity contribution < 1.29 is 28.3 Å². The molecule has 8 rings (SSSR count). The fourth-order valence-corrected chi connectivity index (χ4v) is 8.90. The molecular formula is C46H49ClFN9O5. The summed E-state index contributed by atoms with van der Waals surface area (Å²) in [5.41, 5.74) is 3.88. The number of methoxy groups -OCH3 is 1. The van der Waals surface area contributed by atoms with Crippen molar-refractivity contribution in [2.75, 3.05) is 70.1 Å². The SMILES string of the molecule is COc1cc2ncnc(Nc3ccc(F)c(Cl)c3)c2cc1NC(=O)/C=C/CN1CCC(N2CCN(CCCC#Cc3cccc4c3CN(C3CCC(=O)NC3=O)C4=O)CC2)CC1. The van der Waals surface area contributed by atoms with Crippen LogP contribution in [0.1, 0.15) is 60.0 Å². The Labute approximate surface area is 364 Å². The van der Waals surface area contributed by atoms with E-state index < -0.39 is 17.8 Å². The number of piperazine rings is 1. The van der Waals surface area contributed by atoms with Crippen LogP contribution in [0.5, 0.6) is 5.75 Å². The molecule has 14 nitrogen and oxygen atoms in total. The van der Waals surface area contributed by atoms with E-state index in [0.29, 0.717) is 65.0 Å². The third-order valence-electron chi connectivity index (χ3n) is 12.1. The summed E-state index contributed by atoms with van der Waals surface area (Å²) in [6.45, 7) is 8.10. The number of amides is 4. The molecule has 322 valence electrons. The quantitative estimate of drug-likeness (QED) is 0.0733. The second-order valence-corrected chi connectivity index (χ2v) is 16.4. The summed E-state index contributed by atoms with van der Waals surface area (Å²) < 4.78 is 19.3. The lowest BCUT2D eigenvalue weighted by Gasteiger charge is -2.42. The molecule has 16 heteroatoms. The molecule has 4 amide bonds. The number of rotatable bonds is 12. The van der Waals surface area contributed by atoms with Crippen LogP contribution in [-0.2, 0) is 20.9 Å². The zero-order valence-electron chi connectivity index (χ0n) is 34.6. The molecule has 3 fully saturated rings. The lowest BCUT2D eigenvalue weighted by atomic mass is 10.0. The van der Waals surface area contributed by atoms with E-state index in [1.54, 1.807) is 35.2 Å². The normalized spacial score (nSPS) is 19.0. The number of hydrogen-bond donors (Lipinski definition) is 3. The van der Waals surface area contributed by atoms with E-state index in [1.807, 2.05) is 18.2 Å². The van der Waals surface area contributed by atoms with Crippen LogP contribution in [0.2, 0.25) is 5.02 Å². The van der Waals surface area contributed by atoms with Gasteiger partial charge in [0.25, 0.3) is 5.91 Å². The Bertz CT molecular complexity index is 2460. The summed E-state index contributed by atoms with van der Waals surface area (Å²) in [6, 6.07) is 13.3. The van der Waals surface area contributed by atoms with E-state index in [-0.39, 0.29) is 29.2 Å². The number of likely N-dealkylation sites (tertiary alicyclic amines) is 1. The number of unbranched alkanes of at least 4 members (excludes halogenated alkanes) is 1. The first kappa shape index (κ1) is 42.8. The number of hydrogen-bond acceptors (Lipinski definition) is 11. The molecule has 4 aromatic rings. The van der Waals surface area contributed by atoms with Gasteiger partial charge in [0, 0.05) is 92.5 Å². The summed E-state index contributed by atoms with van der Waals surface area (Å²) in [5.74, 6) is 5.83. The highest BCUT2D eigenvalue weighted by Crippen LogP contribution is 2.34. The van der Waals surface area contributed by atoms with E-state index in [9.17, 15) is 23.6 Å². The van der Waals surface area contributed by atoms with E-state index in [0.717, 1.165) is 82.6 Å². The number of anilines is 3. The number of carbonyl (C=O) groups is 4. The molecule has 1 atom stereocenters. The van der Waals surface area contributed by atoms with Gasteiger partial charge in [0.15, 0.2) is 0 Å². The van der Waals surface area contributed by atoms with E-state index in [4.69, 9.17) is 16.3 Å². The zero-order valence-corrected chi connectivity index (χ0v) is 35.3. The highest BCUT2D eigenvalue weighted by atomic mass is 35.5. The van der Waals surface area contributed by atoms with Crippen molar-refractivity contribution in [3.63, 3.8) is 0 Å². The maximum Gasteiger partial charge on any atom is 0.255 e. The molecule has 4 aliphatic heterocycles. The van der Waals surface area contributed by atoms with Crippen LogP contribution in [0.3, 0.4) is 0 Å². The van der Waals surface area contributed by atoms with Gasteiger partial charge in [0.05, 0.1) is 23.3 Å². The Morgan fingerprint density at radius 3 is 2.61 bits per heavy atom. The molecule has 3 aromatic carbocycles. The second-order valence-electron chi connectivity index (χ2n) is 16.0. The van der Waals surface area contributed by atoms with Crippen LogP contribution in [-0.4, -0.2) is 125 Å². The Balaban J connectivity index is 0.746. The summed E-state index contributed by atoms with van der Waals surface area (Å²) >= 11 is 5.97. The third kappa shape index (κ3) is 9.90. The van der Waals surface area contributed by atoms with Gasteiger partial charge < -0.3 is 25.2 Å². The van der Waals surface area contributed by atoms with Gasteiger partial charge in [-0.2, -0.15) is 0 Å². The van der Waals surface area contributed by atoms with Crippen LogP contribution in [0, 0.1) is 17.7 Å². The fraction of sp³-hybridized carbons (Fsp3) is 0.391. The Morgan fingerprint density at radius 2 is 1.84 bits per heavy atom. The summed E-state index contributed by atoms with van der Waals surface area (Å²) in [7, 11) is 1.53. The monoisotopic (exact) mass is 861 g/mol. The van der Waals surface area contributed by atoms with E-state index >= 15 is 0 Å². The zero-order chi connectivity index (χ0) is 43.2. The first-order chi connectivity index (χ1) is 30.1. The predicted molar refractivity (Wildman–Crippen MR) is 235 cm³/mol. The number of nitrogens with zero attached hydrogens (tertiary/aromatic N) is 6. The molecular weight excluding hydrogens is 813 g/mol. The average Bonchev–Trinajstić information content (AvgIpc) is 3.61. The summed E-state index contributed by atoms with van der Waals surface area (Å²) in [4.78, 5) is 68.0. The summed E-state index contributed by atoms with van der Waals surface area (Å²) in [6.07, 6.45) is 9.32. The molecule has 3 N–H and O–H groups in total. The van der Waals surface area contributed by atoms with Crippen molar-refractivity contribution in [2.45, 2.75) is 57.2 Å². The summed E-state index contributed by atoms with van der Waals surface area (Å²) in [5, 5.41) is 9.06. The minimum atomic E-state index is -0.637. The molecule has 62 heavy (non-hydrogen) atoms. The lowest BCUT2D eigenvalue weighted by Crippen LogP contribution is -2.53. The topological polar surface area (TPSA) is 152 Å². The molecule has 4 aliphatic rings. The van der Waals surface area contributed by atoms with Crippen molar-refractivity contribution in [3.8, 4) is 17.6 Å². The number of benzene rings is 3. The van der Waals surface area contributed by atoms with Gasteiger partial charge in [0.1, 0.15) is 29.8 Å².